The number of nitrogens with two attached hydrogens (primary N) is 1. The highest BCUT2D eigenvalue weighted by molar-refractivity contribution is 7.98. The van der Waals surface area contributed by atoms with Crippen molar-refractivity contribution in [1.29, 1.82) is 0 Å². The van der Waals surface area contributed by atoms with Crippen molar-refractivity contribution < 1.29 is 0 Å². The van der Waals surface area contributed by atoms with E-state index in [1.165, 1.54) is 12.2 Å². The highest BCUT2D eigenvalue weighted by Gasteiger charge is 2.11. The first-order chi connectivity index (χ1) is 6.15. The molecule has 0 aromatic rings. The average molecular weight is 202 g/mol. The monoisotopic (exact) mass is 202 g/mol. The third-order valence-corrected chi connectivity index (χ3v) is 2.93. The fourth-order valence-electron chi connectivity index (χ4n) is 1.30. The van der Waals surface area contributed by atoms with Gasteiger partial charge in [-0.25, -0.2) is 0 Å². The second kappa shape index (κ2) is 7.42. The molecule has 0 saturated heterocycles. The number of likely N-dealkylation sites (N-methyl/N-ethyl adjacent to an activating group) is 1. The number of rotatable bonds is 7. The Kier molecular flexibility index (Phi) is 7.42. The third-order valence-electron chi connectivity index (χ3n) is 2.22. The minimum atomic E-state index is 0.597. The van der Waals surface area contributed by atoms with Crippen LogP contribution in [0.15, 0.2) is 12.2 Å². The number of thioether (sulfide) groups is 1. The summed E-state index contributed by atoms with van der Waals surface area (Å²) in [6, 6.07) is 0.651. The van der Waals surface area contributed by atoms with E-state index in [0.717, 1.165) is 12.1 Å². The SMILES string of the molecule is C=C(CN)CN(C)C(CC)CSC. The van der Waals surface area contributed by atoms with Gasteiger partial charge in [-0.15, -0.1) is 0 Å². The summed E-state index contributed by atoms with van der Waals surface area (Å²) >= 11 is 1.89. The van der Waals surface area contributed by atoms with Gasteiger partial charge in [-0.2, -0.15) is 11.8 Å². The fourth-order valence-corrected chi connectivity index (χ4v) is 2.17. The molecule has 78 valence electrons. The smallest absolute Gasteiger partial charge is 0.0202 e. The molecule has 1 unspecified atom stereocenters. The summed E-state index contributed by atoms with van der Waals surface area (Å²) in [7, 11) is 2.14. The van der Waals surface area contributed by atoms with Gasteiger partial charge in [0.1, 0.15) is 0 Å². The Morgan fingerprint density at radius 2 is 2.23 bits per heavy atom. The molecule has 13 heavy (non-hydrogen) atoms. The summed E-state index contributed by atoms with van der Waals surface area (Å²) < 4.78 is 0. The first kappa shape index (κ1) is 13.0. The van der Waals surface area contributed by atoms with Gasteiger partial charge in [0.05, 0.1) is 0 Å². The lowest BCUT2D eigenvalue weighted by atomic mass is 10.2. The Bertz CT molecular complexity index is 148. The molecule has 0 bridgehead atoms. The predicted octanol–water partition coefficient (Wildman–Crippen LogP) is 1.57. The van der Waals surface area contributed by atoms with Crippen molar-refractivity contribution in [2.45, 2.75) is 19.4 Å². The van der Waals surface area contributed by atoms with Crippen LogP contribution in [0.3, 0.4) is 0 Å². The Balaban J connectivity index is 3.89. The van der Waals surface area contributed by atoms with Crippen LogP contribution in [0.5, 0.6) is 0 Å². The zero-order chi connectivity index (χ0) is 10.3. The molecule has 2 nitrogen and oxygen atoms in total. The maximum Gasteiger partial charge on any atom is 0.0202 e. The van der Waals surface area contributed by atoms with Gasteiger partial charge in [-0.1, -0.05) is 13.5 Å². The van der Waals surface area contributed by atoms with Gasteiger partial charge in [-0.05, 0) is 25.3 Å². The molecular weight excluding hydrogens is 180 g/mol. The molecule has 0 aromatic carbocycles. The molecule has 0 heterocycles. The van der Waals surface area contributed by atoms with Crippen molar-refractivity contribution in [2.24, 2.45) is 5.73 Å². The molecule has 0 aromatic heterocycles. The van der Waals surface area contributed by atoms with Crippen molar-refractivity contribution in [3.05, 3.63) is 12.2 Å². The number of nitrogens with zero attached hydrogens (tertiary/aromatic N) is 1. The van der Waals surface area contributed by atoms with E-state index in [9.17, 15) is 0 Å². The van der Waals surface area contributed by atoms with E-state index < -0.39 is 0 Å². The van der Waals surface area contributed by atoms with Crippen molar-refractivity contribution in [1.82, 2.24) is 4.90 Å². The molecule has 0 saturated carbocycles. The zero-order valence-electron chi connectivity index (χ0n) is 9.05. The second-order valence-electron chi connectivity index (χ2n) is 3.39. The van der Waals surface area contributed by atoms with Gasteiger partial charge in [0.15, 0.2) is 0 Å². The largest absolute Gasteiger partial charge is 0.327 e. The molecule has 3 heteroatoms. The first-order valence-corrected chi connectivity index (χ1v) is 6.10. The van der Waals surface area contributed by atoms with Crippen LogP contribution in [-0.4, -0.2) is 43.1 Å². The minimum absolute atomic E-state index is 0.597. The lowest BCUT2D eigenvalue weighted by Gasteiger charge is -2.26. The van der Waals surface area contributed by atoms with Gasteiger partial charge in [0.2, 0.25) is 0 Å². The maximum atomic E-state index is 5.50. The van der Waals surface area contributed by atoms with E-state index in [1.807, 2.05) is 11.8 Å². The van der Waals surface area contributed by atoms with E-state index >= 15 is 0 Å². The summed E-state index contributed by atoms with van der Waals surface area (Å²) in [6.45, 7) is 7.66. The minimum Gasteiger partial charge on any atom is -0.327 e. The zero-order valence-corrected chi connectivity index (χ0v) is 9.86. The average Bonchev–Trinajstić information content (AvgIpc) is 2.13. The Morgan fingerprint density at radius 3 is 2.62 bits per heavy atom. The van der Waals surface area contributed by atoms with Crippen LogP contribution < -0.4 is 5.73 Å². The summed E-state index contributed by atoms with van der Waals surface area (Å²) in [4.78, 5) is 2.34. The van der Waals surface area contributed by atoms with E-state index in [-0.39, 0.29) is 0 Å². The number of hydrogen-bond donors (Lipinski definition) is 1. The molecule has 0 aliphatic rings. The molecular formula is C10H22N2S. The van der Waals surface area contributed by atoms with Crippen molar-refractivity contribution in [3.63, 3.8) is 0 Å². The molecule has 0 aliphatic heterocycles. The number of hydrogen-bond acceptors (Lipinski definition) is 3. The van der Waals surface area contributed by atoms with E-state index in [2.05, 4.69) is 31.7 Å². The van der Waals surface area contributed by atoms with Crippen molar-refractivity contribution >= 4 is 11.8 Å². The molecule has 0 radical (unpaired) electrons. The summed E-state index contributed by atoms with van der Waals surface area (Å²) in [5.41, 5.74) is 6.62. The lowest BCUT2D eigenvalue weighted by Crippen LogP contribution is -2.35. The van der Waals surface area contributed by atoms with Gasteiger partial charge in [0.25, 0.3) is 0 Å². The lowest BCUT2D eigenvalue weighted by molar-refractivity contribution is 0.276. The highest BCUT2D eigenvalue weighted by atomic mass is 32.2. The molecule has 0 amide bonds. The van der Waals surface area contributed by atoms with E-state index in [1.54, 1.807) is 0 Å². The van der Waals surface area contributed by atoms with Gasteiger partial charge in [0, 0.05) is 24.9 Å². The fraction of sp³-hybridized carbons (Fsp3) is 0.800. The van der Waals surface area contributed by atoms with Crippen LogP contribution in [0.1, 0.15) is 13.3 Å². The highest BCUT2D eigenvalue weighted by Crippen LogP contribution is 2.09. The second-order valence-corrected chi connectivity index (χ2v) is 4.30. The first-order valence-electron chi connectivity index (χ1n) is 4.71. The van der Waals surface area contributed by atoms with Gasteiger partial charge >= 0.3 is 0 Å². The van der Waals surface area contributed by atoms with Crippen LogP contribution >= 0.6 is 11.8 Å². The topological polar surface area (TPSA) is 29.3 Å². The van der Waals surface area contributed by atoms with Crippen LogP contribution in [0.2, 0.25) is 0 Å². The van der Waals surface area contributed by atoms with Crippen LogP contribution in [-0.2, 0) is 0 Å². The Hall–Kier alpha value is 0.0100. The summed E-state index contributed by atoms with van der Waals surface area (Å²) in [5.74, 6) is 1.19. The van der Waals surface area contributed by atoms with Gasteiger partial charge in [-0.3, -0.25) is 4.90 Å². The van der Waals surface area contributed by atoms with Crippen molar-refractivity contribution in [3.8, 4) is 0 Å². The van der Waals surface area contributed by atoms with E-state index in [0.29, 0.717) is 12.6 Å². The van der Waals surface area contributed by atoms with E-state index in [4.69, 9.17) is 5.73 Å². The summed E-state index contributed by atoms with van der Waals surface area (Å²) in [6.07, 6.45) is 3.34. The molecule has 0 aliphatic carbocycles. The van der Waals surface area contributed by atoms with Crippen LogP contribution in [0.25, 0.3) is 0 Å². The third kappa shape index (κ3) is 5.34. The predicted molar refractivity (Wildman–Crippen MR) is 63.3 cm³/mol. The molecule has 2 N–H and O–H groups in total. The Labute approximate surface area is 86.6 Å². The van der Waals surface area contributed by atoms with Gasteiger partial charge < -0.3 is 5.73 Å². The van der Waals surface area contributed by atoms with Crippen LogP contribution in [0.4, 0.5) is 0 Å². The molecule has 0 rings (SSSR count). The Morgan fingerprint density at radius 1 is 1.62 bits per heavy atom. The standard InChI is InChI=1S/C10H22N2S/c1-5-10(8-13-4)12(3)7-9(2)6-11/h10H,2,5-8,11H2,1,3-4H3. The van der Waals surface area contributed by atoms with Crippen LogP contribution in [0, 0.1) is 0 Å². The molecule has 1 atom stereocenters. The maximum absolute atomic E-state index is 5.50. The summed E-state index contributed by atoms with van der Waals surface area (Å²) in [5, 5.41) is 0. The molecule has 0 fully saturated rings. The normalized spacial score (nSPS) is 13.3. The quantitative estimate of drug-likeness (QED) is 0.636. The van der Waals surface area contributed by atoms with Crippen molar-refractivity contribution in [2.75, 3.05) is 32.1 Å². The molecule has 0 spiro atoms.